The molecule has 0 unspecified atom stereocenters. The first-order valence-electron chi connectivity index (χ1n) is 6.44. The Labute approximate surface area is 101 Å². The minimum atomic E-state index is 0.392. The van der Waals surface area contributed by atoms with Gasteiger partial charge in [0.05, 0.1) is 12.2 Å². The van der Waals surface area contributed by atoms with Crippen LogP contribution in [-0.2, 0) is 0 Å². The highest BCUT2D eigenvalue weighted by molar-refractivity contribution is 5.70. The van der Waals surface area contributed by atoms with Gasteiger partial charge in [0, 0.05) is 13.1 Å². The van der Waals surface area contributed by atoms with Crippen molar-refractivity contribution in [2.45, 2.75) is 31.7 Å². The van der Waals surface area contributed by atoms with Crippen molar-refractivity contribution in [2.75, 3.05) is 19.6 Å². The number of carbonyl (C=O) groups is 1. The van der Waals surface area contributed by atoms with Crippen molar-refractivity contribution in [2.24, 2.45) is 5.92 Å². The second-order valence-electron chi connectivity index (χ2n) is 5.24. The van der Waals surface area contributed by atoms with E-state index in [-0.39, 0.29) is 0 Å². The lowest BCUT2D eigenvalue weighted by Gasteiger charge is -2.32. The van der Waals surface area contributed by atoms with Crippen molar-refractivity contribution in [3.8, 4) is 0 Å². The van der Waals surface area contributed by atoms with Crippen molar-refractivity contribution < 1.29 is 4.79 Å². The molecular weight excluding hydrogens is 216 g/mol. The average molecular weight is 234 g/mol. The highest BCUT2D eigenvalue weighted by Gasteiger charge is 2.28. The molecule has 17 heavy (non-hydrogen) atoms. The van der Waals surface area contributed by atoms with Crippen molar-refractivity contribution >= 4 is 6.29 Å². The molecule has 1 saturated carbocycles. The molecule has 0 bridgehead atoms. The first-order chi connectivity index (χ1) is 8.35. The van der Waals surface area contributed by atoms with Crippen molar-refractivity contribution in [1.29, 1.82) is 0 Å². The SMILES string of the molecule is O=Cc1cn([C@H]2CCCN(CC3CC3)C2)nn1. The summed E-state index contributed by atoms with van der Waals surface area (Å²) in [5, 5.41) is 7.88. The zero-order chi connectivity index (χ0) is 11.7. The van der Waals surface area contributed by atoms with E-state index in [9.17, 15) is 4.79 Å². The molecule has 2 aliphatic rings. The van der Waals surface area contributed by atoms with Crippen molar-refractivity contribution in [3.05, 3.63) is 11.9 Å². The fraction of sp³-hybridized carbons (Fsp3) is 0.750. The molecule has 1 aromatic rings. The van der Waals surface area contributed by atoms with Gasteiger partial charge in [-0.3, -0.25) is 4.79 Å². The van der Waals surface area contributed by atoms with E-state index in [4.69, 9.17) is 0 Å². The maximum atomic E-state index is 10.6. The van der Waals surface area contributed by atoms with E-state index in [1.54, 1.807) is 6.20 Å². The first-order valence-corrected chi connectivity index (χ1v) is 6.44. The van der Waals surface area contributed by atoms with Gasteiger partial charge in [-0.1, -0.05) is 5.21 Å². The second-order valence-corrected chi connectivity index (χ2v) is 5.24. The number of nitrogens with zero attached hydrogens (tertiary/aromatic N) is 4. The van der Waals surface area contributed by atoms with Crippen LogP contribution >= 0.6 is 0 Å². The molecule has 5 nitrogen and oxygen atoms in total. The Morgan fingerprint density at radius 2 is 2.29 bits per heavy atom. The predicted octanol–water partition coefficient (Wildman–Crippen LogP) is 1.14. The lowest BCUT2D eigenvalue weighted by atomic mass is 10.1. The van der Waals surface area contributed by atoms with Gasteiger partial charge in [-0.15, -0.1) is 5.10 Å². The monoisotopic (exact) mass is 234 g/mol. The van der Waals surface area contributed by atoms with E-state index >= 15 is 0 Å². The molecule has 92 valence electrons. The minimum absolute atomic E-state index is 0.392. The Hall–Kier alpha value is -1.23. The molecule has 0 N–H and O–H groups in total. The predicted molar refractivity (Wildman–Crippen MR) is 62.8 cm³/mol. The summed E-state index contributed by atoms with van der Waals surface area (Å²) >= 11 is 0. The van der Waals surface area contributed by atoms with E-state index in [0.29, 0.717) is 11.7 Å². The van der Waals surface area contributed by atoms with E-state index in [2.05, 4.69) is 15.2 Å². The molecule has 1 saturated heterocycles. The van der Waals surface area contributed by atoms with Crippen LogP contribution in [0.2, 0.25) is 0 Å². The zero-order valence-electron chi connectivity index (χ0n) is 9.96. The summed E-state index contributed by atoms with van der Waals surface area (Å²) in [5.74, 6) is 0.940. The Morgan fingerprint density at radius 1 is 1.41 bits per heavy atom. The van der Waals surface area contributed by atoms with Crippen molar-refractivity contribution in [1.82, 2.24) is 19.9 Å². The van der Waals surface area contributed by atoms with Gasteiger partial charge in [-0.25, -0.2) is 4.68 Å². The number of hydrogen-bond acceptors (Lipinski definition) is 4. The maximum Gasteiger partial charge on any atom is 0.171 e. The smallest absolute Gasteiger partial charge is 0.171 e. The number of rotatable bonds is 4. The van der Waals surface area contributed by atoms with Crippen LogP contribution in [0, 0.1) is 5.92 Å². The Kier molecular flexibility index (Phi) is 2.93. The fourth-order valence-electron chi connectivity index (χ4n) is 2.60. The number of piperidine rings is 1. The minimum Gasteiger partial charge on any atom is -0.301 e. The maximum absolute atomic E-state index is 10.6. The standard InChI is InChI=1S/C12H18N4O/c17-9-11-7-16(14-13-11)12-2-1-5-15(8-12)6-10-3-4-10/h7,9-10,12H,1-6,8H2/t12-/m0/s1. The Morgan fingerprint density at radius 3 is 3.00 bits per heavy atom. The van der Waals surface area contributed by atoms with Gasteiger partial charge >= 0.3 is 0 Å². The van der Waals surface area contributed by atoms with Crippen LogP contribution in [0.1, 0.15) is 42.2 Å². The molecule has 0 spiro atoms. The van der Waals surface area contributed by atoms with Gasteiger partial charge in [0.15, 0.2) is 6.29 Å². The van der Waals surface area contributed by atoms with E-state index in [1.165, 1.54) is 32.4 Å². The second kappa shape index (κ2) is 4.56. The molecule has 3 rings (SSSR count). The third-order valence-corrected chi connectivity index (χ3v) is 3.72. The summed E-state index contributed by atoms with van der Waals surface area (Å²) in [6, 6.07) is 0.392. The molecule has 1 aliphatic heterocycles. The molecule has 0 radical (unpaired) electrons. The molecule has 5 heteroatoms. The summed E-state index contributed by atoms with van der Waals surface area (Å²) in [4.78, 5) is 13.1. The molecule has 1 atom stereocenters. The lowest BCUT2D eigenvalue weighted by molar-refractivity contribution is 0.111. The third-order valence-electron chi connectivity index (χ3n) is 3.72. The van der Waals surface area contributed by atoms with Crippen LogP contribution < -0.4 is 0 Å². The number of aromatic nitrogens is 3. The summed E-state index contributed by atoms with van der Waals surface area (Å²) in [7, 11) is 0. The quantitative estimate of drug-likeness (QED) is 0.733. The van der Waals surface area contributed by atoms with Gasteiger partial charge in [-0.05, 0) is 38.1 Å². The summed E-state index contributed by atoms with van der Waals surface area (Å²) in [6.45, 7) is 3.51. The third kappa shape index (κ3) is 2.54. The van der Waals surface area contributed by atoms with Crippen LogP contribution in [0.5, 0.6) is 0 Å². The van der Waals surface area contributed by atoms with Gasteiger partial charge in [0.2, 0.25) is 0 Å². The van der Waals surface area contributed by atoms with Crippen LogP contribution in [0.15, 0.2) is 6.20 Å². The summed E-state index contributed by atoms with van der Waals surface area (Å²) in [6.07, 6.45) is 7.68. The first kappa shape index (κ1) is 10.9. The number of carbonyl (C=O) groups excluding carboxylic acids is 1. The van der Waals surface area contributed by atoms with Gasteiger partial charge in [0.25, 0.3) is 0 Å². The van der Waals surface area contributed by atoms with Gasteiger partial charge in [-0.2, -0.15) is 0 Å². The van der Waals surface area contributed by atoms with Crippen LogP contribution in [0.4, 0.5) is 0 Å². The molecule has 1 aromatic heterocycles. The van der Waals surface area contributed by atoms with Crippen LogP contribution in [0.25, 0.3) is 0 Å². The summed E-state index contributed by atoms with van der Waals surface area (Å²) in [5.41, 5.74) is 0.435. The van der Waals surface area contributed by atoms with E-state index in [0.717, 1.165) is 25.2 Å². The zero-order valence-corrected chi connectivity index (χ0v) is 9.96. The Bertz CT molecular complexity index is 399. The molecule has 0 amide bonds. The summed E-state index contributed by atoms with van der Waals surface area (Å²) < 4.78 is 1.86. The average Bonchev–Trinajstić information content (AvgIpc) is 3.04. The highest BCUT2D eigenvalue weighted by atomic mass is 16.1. The number of aldehydes is 1. The van der Waals surface area contributed by atoms with E-state index < -0.39 is 0 Å². The van der Waals surface area contributed by atoms with Gasteiger partial charge < -0.3 is 4.90 Å². The van der Waals surface area contributed by atoms with Crippen LogP contribution in [-0.4, -0.2) is 45.8 Å². The molecule has 1 aliphatic carbocycles. The highest BCUT2D eigenvalue weighted by Crippen LogP contribution is 2.31. The number of hydrogen-bond donors (Lipinski definition) is 0. The normalized spacial score (nSPS) is 26.0. The van der Waals surface area contributed by atoms with Crippen molar-refractivity contribution in [3.63, 3.8) is 0 Å². The number of likely N-dealkylation sites (tertiary alicyclic amines) is 1. The topological polar surface area (TPSA) is 51.0 Å². The largest absolute Gasteiger partial charge is 0.301 e. The van der Waals surface area contributed by atoms with Crippen LogP contribution in [0.3, 0.4) is 0 Å². The lowest BCUT2D eigenvalue weighted by Crippen LogP contribution is -2.38. The van der Waals surface area contributed by atoms with E-state index in [1.807, 2.05) is 4.68 Å². The molecule has 0 aromatic carbocycles. The Balaban J connectivity index is 1.63. The molecule has 2 heterocycles. The molecular formula is C12H18N4O. The molecule has 2 fully saturated rings. The van der Waals surface area contributed by atoms with Gasteiger partial charge in [0.1, 0.15) is 5.69 Å². The fourth-order valence-corrected chi connectivity index (χ4v) is 2.60.